The van der Waals surface area contributed by atoms with Gasteiger partial charge in [0.1, 0.15) is 0 Å². The molecule has 1 unspecified atom stereocenters. The Bertz CT molecular complexity index is 365. The van der Waals surface area contributed by atoms with Gasteiger partial charge < -0.3 is 4.90 Å². The van der Waals surface area contributed by atoms with Crippen molar-refractivity contribution in [3.63, 3.8) is 0 Å². The van der Waals surface area contributed by atoms with Crippen LogP contribution in [0.15, 0.2) is 35.9 Å². The van der Waals surface area contributed by atoms with Crippen molar-refractivity contribution in [2.24, 2.45) is 5.84 Å². The van der Waals surface area contributed by atoms with Gasteiger partial charge in [0, 0.05) is 19.8 Å². The van der Waals surface area contributed by atoms with Crippen LogP contribution in [0.3, 0.4) is 0 Å². The summed E-state index contributed by atoms with van der Waals surface area (Å²) in [5.41, 5.74) is 6.43. The molecule has 0 fully saturated rings. The molecule has 0 aromatic heterocycles. The average Bonchev–Trinajstić information content (AvgIpc) is 2.25. The zero-order chi connectivity index (χ0) is 12.1. The molecule has 1 aromatic carbocycles. The van der Waals surface area contributed by atoms with Gasteiger partial charge in [0.25, 0.3) is 0 Å². The molecular weight excluding hydrogens is 198 g/mol. The van der Waals surface area contributed by atoms with Crippen LogP contribution in [0.4, 0.5) is 5.69 Å². The summed E-state index contributed by atoms with van der Waals surface area (Å²) in [6.45, 7) is 4.14. The molecule has 88 valence electrons. The molecule has 3 nitrogen and oxygen atoms in total. The maximum Gasteiger partial charge on any atom is 0.0643 e. The standard InChI is InChI=1S/C13H21N3/c1-10(2)8-13(15-14)11-6-5-7-12(9-11)16(3)4/h5-9,13,15H,14H2,1-4H3. The third kappa shape index (κ3) is 3.36. The highest BCUT2D eigenvalue weighted by atomic mass is 15.2. The fourth-order valence-corrected chi connectivity index (χ4v) is 1.57. The summed E-state index contributed by atoms with van der Waals surface area (Å²) < 4.78 is 0. The molecule has 3 N–H and O–H groups in total. The fourth-order valence-electron chi connectivity index (χ4n) is 1.57. The Morgan fingerprint density at radius 2 is 2.06 bits per heavy atom. The lowest BCUT2D eigenvalue weighted by atomic mass is 10.0. The SMILES string of the molecule is CC(C)=CC(NN)c1cccc(N(C)C)c1. The molecule has 0 spiro atoms. The van der Waals surface area contributed by atoms with Crippen LogP contribution in [0.2, 0.25) is 0 Å². The number of nitrogens with one attached hydrogen (secondary N) is 1. The third-order valence-corrected chi connectivity index (χ3v) is 2.43. The lowest BCUT2D eigenvalue weighted by molar-refractivity contribution is 0.652. The molecule has 1 rings (SSSR count). The number of allylic oxidation sites excluding steroid dienone is 1. The molecule has 0 aliphatic heterocycles. The van der Waals surface area contributed by atoms with Crippen molar-refractivity contribution >= 4 is 5.69 Å². The Balaban J connectivity index is 3.01. The van der Waals surface area contributed by atoms with Gasteiger partial charge in [-0.2, -0.15) is 0 Å². The van der Waals surface area contributed by atoms with Crippen molar-refractivity contribution in [1.29, 1.82) is 0 Å². The van der Waals surface area contributed by atoms with Crippen LogP contribution >= 0.6 is 0 Å². The van der Waals surface area contributed by atoms with Gasteiger partial charge in [0.2, 0.25) is 0 Å². The fraction of sp³-hybridized carbons (Fsp3) is 0.385. The minimum absolute atomic E-state index is 0.0740. The summed E-state index contributed by atoms with van der Waals surface area (Å²) in [4.78, 5) is 2.08. The maximum atomic E-state index is 5.57. The van der Waals surface area contributed by atoms with E-state index in [0.29, 0.717) is 0 Å². The molecular formula is C13H21N3. The van der Waals surface area contributed by atoms with Gasteiger partial charge in [-0.15, -0.1) is 0 Å². The van der Waals surface area contributed by atoms with E-state index in [4.69, 9.17) is 5.84 Å². The minimum atomic E-state index is 0.0740. The summed E-state index contributed by atoms with van der Waals surface area (Å²) in [5.74, 6) is 5.57. The highest BCUT2D eigenvalue weighted by Gasteiger charge is 2.07. The Morgan fingerprint density at radius 3 is 2.56 bits per heavy atom. The first-order chi connectivity index (χ1) is 7.54. The van der Waals surface area contributed by atoms with E-state index >= 15 is 0 Å². The number of hydrogen-bond acceptors (Lipinski definition) is 3. The quantitative estimate of drug-likeness (QED) is 0.463. The van der Waals surface area contributed by atoms with E-state index in [0.717, 1.165) is 0 Å². The van der Waals surface area contributed by atoms with E-state index in [2.05, 4.69) is 48.4 Å². The van der Waals surface area contributed by atoms with E-state index in [1.54, 1.807) is 0 Å². The first-order valence-corrected chi connectivity index (χ1v) is 5.43. The number of hydrazine groups is 1. The predicted octanol–water partition coefficient (Wildman–Crippen LogP) is 2.22. The van der Waals surface area contributed by atoms with Crippen molar-refractivity contribution in [1.82, 2.24) is 5.43 Å². The molecule has 0 aliphatic rings. The normalized spacial score (nSPS) is 12.1. The van der Waals surface area contributed by atoms with Gasteiger partial charge in [-0.1, -0.05) is 23.8 Å². The van der Waals surface area contributed by atoms with Crippen LogP contribution in [0.5, 0.6) is 0 Å². The third-order valence-electron chi connectivity index (χ3n) is 2.43. The molecule has 1 atom stereocenters. The predicted molar refractivity (Wildman–Crippen MR) is 70.3 cm³/mol. The molecule has 1 aromatic rings. The van der Waals surface area contributed by atoms with Gasteiger partial charge in [-0.25, -0.2) is 5.43 Å². The van der Waals surface area contributed by atoms with Crippen molar-refractivity contribution in [3.8, 4) is 0 Å². The molecule has 0 saturated heterocycles. The highest BCUT2D eigenvalue weighted by Crippen LogP contribution is 2.20. The second-order valence-corrected chi connectivity index (χ2v) is 4.38. The molecule has 0 bridgehead atoms. The highest BCUT2D eigenvalue weighted by molar-refractivity contribution is 5.48. The van der Waals surface area contributed by atoms with Gasteiger partial charge in [-0.3, -0.25) is 5.84 Å². The first-order valence-electron chi connectivity index (χ1n) is 5.43. The summed E-state index contributed by atoms with van der Waals surface area (Å²) in [7, 11) is 4.07. The summed E-state index contributed by atoms with van der Waals surface area (Å²) >= 11 is 0. The smallest absolute Gasteiger partial charge is 0.0643 e. The zero-order valence-corrected chi connectivity index (χ0v) is 10.5. The molecule has 16 heavy (non-hydrogen) atoms. The van der Waals surface area contributed by atoms with Crippen LogP contribution in [-0.4, -0.2) is 14.1 Å². The van der Waals surface area contributed by atoms with E-state index < -0.39 is 0 Å². The largest absolute Gasteiger partial charge is 0.378 e. The number of hydrogen-bond donors (Lipinski definition) is 2. The van der Waals surface area contributed by atoms with Crippen molar-refractivity contribution in [2.75, 3.05) is 19.0 Å². The van der Waals surface area contributed by atoms with Crippen molar-refractivity contribution < 1.29 is 0 Å². The molecule has 0 heterocycles. The van der Waals surface area contributed by atoms with Crippen molar-refractivity contribution in [2.45, 2.75) is 19.9 Å². The van der Waals surface area contributed by atoms with Gasteiger partial charge >= 0.3 is 0 Å². The first kappa shape index (κ1) is 12.7. The van der Waals surface area contributed by atoms with Crippen LogP contribution in [-0.2, 0) is 0 Å². The van der Waals surface area contributed by atoms with Gasteiger partial charge in [0.15, 0.2) is 0 Å². The zero-order valence-electron chi connectivity index (χ0n) is 10.5. The lowest BCUT2D eigenvalue weighted by Gasteiger charge is -2.17. The van der Waals surface area contributed by atoms with E-state index in [-0.39, 0.29) is 6.04 Å². The number of nitrogens with two attached hydrogens (primary N) is 1. The summed E-state index contributed by atoms with van der Waals surface area (Å²) in [6, 6.07) is 8.43. The minimum Gasteiger partial charge on any atom is -0.378 e. The lowest BCUT2D eigenvalue weighted by Crippen LogP contribution is -2.27. The van der Waals surface area contributed by atoms with Crippen LogP contribution in [0.1, 0.15) is 25.5 Å². The molecule has 0 saturated carbocycles. The topological polar surface area (TPSA) is 41.3 Å². The number of nitrogens with zero attached hydrogens (tertiary/aromatic N) is 1. The van der Waals surface area contributed by atoms with Gasteiger partial charge in [-0.05, 0) is 31.5 Å². The van der Waals surface area contributed by atoms with Crippen LogP contribution in [0, 0.1) is 0 Å². The number of rotatable bonds is 4. The Hall–Kier alpha value is -1.32. The van der Waals surface area contributed by atoms with E-state index in [9.17, 15) is 0 Å². The van der Waals surface area contributed by atoms with Gasteiger partial charge in [0.05, 0.1) is 6.04 Å². The average molecular weight is 219 g/mol. The second kappa shape index (κ2) is 5.68. The second-order valence-electron chi connectivity index (χ2n) is 4.38. The Morgan fingerprint density at radius 1 is 1.38 bits per heavy atom. The number of anilines is 1. The number of benzene rings is 1. The van der Waals surface area contributed by atoms with Crippen LogP contribution in [0.25, 0.3) is 0 Å². The van der Waals surface area contributed by atoms with Crippen LogP contribution < -0.4 is 16.2 Å². The summed E-state index contributed by atoms with van der Waals surface area (Å²) in [5, 5.41) is 0. The summed E-state index contributed by atoms with van der Waals surface area (Å²) in [6.07, 6.45) is 2.12. The Labute approximate surface area is 97.9 Å². The molecule has 3 heteroatoms. The van der Waals surface area contributed by atoms with E-state index in [1.165, 1.54) is 16.8 Å². The van der Waals surface area contributed by atoms with E-state index in [1.807, 2.05) is 20.2 Å². The molecule has 0 amide bonds. The Kier molecular flexibility index (Phi) is 4.52. The maximum absolute atomic E-state index is 5.57. The van der Waals surface area contributed by atoms with Crippen molar-refractivity contribution in [3.05, 3.63) is 41.5 Å². The molecule has 0 radical (unpaired) electrons. The monoisotopic (exact) mass is 219 g/mol. The molecule has 0 aliphatic carbocycles.